The highest BCUT2D eigenvalue weighted by molar-refractivity contribution is 7.80. The number of hydrogen-bond donors (Lipinski definition) is 11. The number of aliphatic imine (C=N–C) groups is 1. The minimum absolute atomic E-state index is 0.00941. The number of carbonyl (C=O) groups is 7. The summed E-state index contributed by atoms with van der Waals surface area (Å²) in [5.74, 6) is -7.45. The van der Waals surface area contributed by atoms with Gasteiger partial charge in [0.05, 0.1) is 25.6 Å². The smallest absolute Gasteiger partial charge is 0.326 e. The molecule has 1 aliphatic heterocycles. The minimum atomic E-state index is -1.74. The average Bonchev–Trinajstić information content (AvgIpc) is 3.45. The van der Waals surface area contributed by atoms with E-state index in [1.165, 1.54) is 0 Å². The van der Waals surface area contributed by atoms with Crippen LogP contribution in [-0.2, 0) is 33.6 Å². The first kappa shape index (κ1) is 36.9. The fourth-order valence-electron chi connectivity index (χ4n) is 4.00. The number of nitrogens with two attached hydrogens (primary N) is 3. The number of aliphatic hydroxyl groups excluding tert-OH is 1. The van der Waals surface area contributed by atoms with E-state index < -0.39 is 91.3 Å². The van der Waals surface area contributed by atoms with Crippen LogP contribution in [0.1, 0.15) is 32.1 Å². The molecule has 0 spiro atoms. The Hall–Kier alpha value is -4.17. The second-order valence-corrected chi connectivity index (χ2v) is 9.87. The van der Waals surface area contributed by atoms with Crippen molar-refractivity contribution < 1.29 is 48.9 Å². The van der Waals surface area contributed by atoms with E-state index in [1.54, 1.807) is 0 Å². The maximum atomic E-state index is 12.8. The van der Waals surface area contributed by atoms with Crippen LogP contribution in [0.4, 0.5) is 0 Å². The van der Waals surface area contributed by atoms with Crippen molar-refractivity contribution >= 4 is 60.1 Å². The fraction of sp³-hybridized carbons (Fsp3) is 0.652. The summed E-state index contributed by atoms with van der Waals surface area (Å²) in [7, 11) is 0. The van der Waals surface area contributed by atoms with Gasteiger partial charge in [0, 0.05) is 18.8 Å². The third kappa shape index (κ3) is 12.7. The van der Waals surface area contributed by atoms with Crippen LogP contribution in [0.3, 0.4) is 0 Å². The molecule has 0 unspecified atom stereocenters. The standard InChI is InChI=1S/C23H39N9O10S/c24-11(10-43)18(37)30-12(3-1-5-27-23(25)26)19(38)28-8-16(34)29-13(7-17(35)36)20(39)31-14(9-33)21(40)32-6-2-4-15(32)22(41)42/h11-15,33,43H,1-10,24H2,(H,28,38)(H,29,34)(H,30,37)(H,31,39)(H,35,36)(H,41,42)(H4,25,26,27)/t11-,12-,13-,14-,15-/m0/s1. The monoisotopic (exact) mass is 633 g/mol. The predicted molar refractivity (Wildman–Crippen MR) is 152 cm³/mol. The topological polar surface area (TPSA) is 322 Å². The van der Waals surface area contributed by atoms with Crippen LogP contribution in [0.5, 0.6) is 0 Å². The van der Waals surface area contributed by atoms with E-state index in [2.05, 4.69) is 38.9 Å². The van der Waals surface area contributed by atoms with Crippen LogP contribution >= 0.6 is 12.6 Å². The van der Waals surface area contributed by atoms with E-state index in [9.17, 15) is 48.9 Å². The predicted octanol–water partition coefficient (Wildman–Crippen LogP) is -5.59. The quantitative estimate of drug-likeness (QED) is 0.0291. The number of nitrogens with zero attached hydrogens (tertiary/aromatic N) is 2. The maximum Gasteiger partial charge on any atom is 0.326 e. The van der Waals surface area contributed by atoms with Gasteiger partial charge >= 0.3 is 11.9 Å². The number of aliphatic carboxylic acids is 2. The Kier molecular flexibility index (Phi) is 15.8. The van der Waals surface area contributed by atoms with Gasteiger partial charge in [0.1, 0.15) is 24.2 Å². The summed E-state index contributed by atoms with van der Waals surface area (Å²) in [5.41, 5.74) is 16.2. The van der Waals surface area contributed by atoms with Gasteiger partial charge in [0.25, 0.3) is 0 Å². The molecule has 0 aliphatic carbocycles. The second-order valence-electron chi connectivity index (χ2n) is 9.51. The lowest BCUT2D eigenvalue weighted by atomic mass is 10.1. The molecule has 1 heterocycles. The van der Waals surface area contributed by atoms with Gasteiger partial charge in [-0.15, -0.1) is 0 Å². The van der Waals surface area contributed by atoms with Crippen molar-refractivity contribution in [3.63, 3.8) is 0 Å². The molecule has 5 atom stereocenters. The normalized spacial score (nSPS) is 17.0. The lowest BCUT2D eigenvalue weighted by molar-refractivity contribution is -0.150. The molecule has 13 N–H and O–H groups in total. The number of carboxylic acid groups (broad SMARTS) is 2. The molecule has 19 nitrogen and oxygen atoms in total. The zero-order chi connectivity index (χ0) is 32.7. The van der Waals surface area contributed by atoms with Gasteiger partial charge in [-0.05, 0) is 25.7 Å². The number of amides is 5. The Balaban J connectivity index is 2.86. The Morgan fingerprint density at radius 1 is 0.953 bits per heavy atom. The lowest BCUT2D eigenvalue weighted by Gasteiger charge is -2.27. The first-order valence-corrected chi connectivity index (χ1v) is 13.8. The Labute approximate surface area is 251 Å². The minimum Gasteiger partial charge on any atom is -0.481 e. The molecule has 0 radical (unpaired) electrons. The number of guanidine groups is 1. The van der Waals surface area contributed by atoms with Crippen LogP contribution in [0.25, 0.3) is 0 Å². The Morgan fingerprint density at radius 2 is 1.60 bits per heavy atom. The van der Waals surface area contributed by atoms with Crippen molar-refractivity contribution in [1.29, 1.82) is 0 Å². The van der Waals surface area contributed by atoms with Crippen LogP contribution < -0.4 is 38.5 Å². The molecule has 0 bridgehead atoms. The molecule has 0 aromatic carbocycles. The van der Waals surface area contributed by atoms with Crippen LogP contribution in [0, 0.1) is 0 Å². The van der Waals surface area contributed by atoms with Crippen LogP contribution in [-0.4, -0.2) is 130 Å². The van der Waals surface area contributed by atoms with Crippen molar-refractivity contribution in [3.8, 4) is 0 Å². The van der Waals surface area contributed by atoms with Gasteiger partial charge in [-0.2, -0.15) is 12.6 Å². The summed E-state index contributed by atoms with van der Waals surface area (Å²) in [6.07, 6.45) is -0.0464. The third-order valence-electron chi connectivity index (χ3n) is 6.18. The van der Waals surface area contributed by atoms with Gasteiger partial charge < -0.3 is 58.7 Å². The van der Waals surface area contributed by atoms with Crippen molar-refractivity contribution in [2.24, 2.45) is 22.2 Å². The molecule has 0 aromatic rings. The number of hydrogen-bond acceptors (Lipinski definition) is 11. The van der Waals surface area contributed by atoms with Gasteiger partial charge in [0.2, 0.25) is 29.5 Å². The largest absolute Gasteiger partial charge is 0.481 e. The summed E-state index contributed by atoms with van der Waals surface area (Å²) in [6.45, 7) is -1.45. The van der Waals surface area contributed by atoms with E-state index in [1.807, 2.05) is 0 Å². The first-order chi connectivity index (χ1) is 20.2. The number of carboxylic acids is 2. The number of nitrogens with one attached hydrogen (secondary N) is 4. The molecule has 43 heavy (non-hydrogen) atoms. The number of aliphatic hydroxyl groups is 1. The van der Waals surface area contributed by atoms with Crippen LogP contribution in [0.2, 0.25) is 0 Å². The molecule has 242 valence electrons. The molecule has 0 saturated carbocycles. The number of carbonyl (C=O) groups excluding carboxylic acids is 5. The lowest BCUT2D eigenvalue weighted by Crippen LogP contribution is -2.58. The zero-order valence-corrected chi connectivity index (χ0v) is 24.1. The molecule has 1 saturated heterocycles. The maximum absolute atomic E-state index is 12.8. The SMILES string of the molecule is NC(N)=NCCC[C@H](NC(=O)[C@@H](N)CS)C(=O)NCC(=O)N[C@@H](CC(=O)O)C(=O)N[C@@H](CO)C(=O)N1CCC[C@H]1C(=O)O. The van der Waals surface area contributed by atoms with Gasteiger partial charge in [-0.1, -0.05) is 0 Å². The molecule has 1 fully saturated rings. The zero-order valence-electron chi connectivity index (χ0n) is 23.2. The highest BCUT2D eigenvalue weighted by Gasteiger charge is 2.38. The number of rotatable bonds is 18. The molecule has 1 rings (SSSR count). The molecule has 0 aromatic heterocycles. The molecule has 1 aliphatic rings. The van der Waals surface area contributed by atoms with Crippen molar-refractivity contribution in [2.45, 2.75) is 62.3 Å². The summed E-state index contributed by atoms with van der Waals surface area (Å²) < 4.78 is 0. The molecular formula is C23H39N9O10S. The van der Waals surface area contributed by atoms with Crippen molar-refractivity contribution in [1.82, 2.24) is 26.2 Å². The average molecular weight is 634 g/mol. The Morgan fingerprint density at radius 3 is 2.16 bits per heavy atom. The van der Waals surface area contributed by atoms with E-state index in [4.69, 9.17) is 17.2 Å². The number of likely N-dealkylation sites (tertiary alicyclic amines) is 1. The van der Waals surface area contributed by atoms with Crippen molar-refractivity contribution in [3.05, 3.63) is 0 Å². The van der Waals surface area contributed by atoms with Crippen LogP contribution in [0.15, 0.2) is 4.99 Å². The number of thiol groups is 1. The van der Waals surface area contributed by atoms with Crippen molar-refractivity contribution in [2.75, 3.05) is 32.0 Å². The Bertz CT molecular complexity index is 1070. The highest BCUT2D eigenvalue weighted by Crippen LogP contribution is 2.18. The molecule has 5 amide bonds. The summed E-state index contributed by atoms with van der Waals surface area (Å²) in [6, 6.07) is -6.67. The molecule has 20 heteroatoms. The fourth-order valence-corrected chi connectivity index (χ4v) is 4.16. The van der Waals surface area contributed by atoms with E-state index in [0.717, 1.165) is 4.90 Å². The van der Waals surface area contributed by atoms with E-state index in [-0.39, 0.29) is 44.1 Å². The van der Waals surface area contributed by atoms with Gasteiger partial charge in [-0.25, -0.2) is 4.79 Å². The van der Waals surface area contributed by atoms with Gasteiger partial charge in [0.15, 0.2) is 5.96 Å². The molecular weight excluding hydrogens is 594 g/mol. The highest BCUT2D eigenvalue weighted by atomic mass is 32.1. The summed E-state index contributed by atoms with van der Waals surface area (Å²) in [5, 5.41) is 37.2. The van der Waals surface area contributed by atoms with E-state index in [0.29, 0.717) is 6.42 Å². The van der Waals surface area contributed by atoms with Gasteiger partial charge in [-0.3, -0.25) is 33.8 Å². The van der Waals surface area contributed by atoms with E-state index >= 15 is 0 Å². The summed E-state index contributed by atoms with van der Waals surface area (Å²) >= 11 is 3.93. The summed E-state index contributed by atoms with van der Waals surface area (Å²) in [4.78, 5) is 90.6. The third-order valence-corrected chi connectivity index (χ3v) is 6.58. The second kappa shape index (κ2) is 18.4. The first-order valence-electron chi connectivity index (χ1n) is 13.2.